The fourth-order valence-corrected chi connectivity index (χ4v) is 1.61. The number of aryl methyl sites for hydroxylation is 1. The SMILES string of the molecule is Cn1ncc(N)c1C(=O)NCCCCCCO. The van der Waals surface area contributed by atoms with E-state index in [1.54, 1.807) is 7.05 Å². The molecule has 0 bridgehead atoms. The molecule has 0 aromatic carbocycles. The molecule has 1 heterocycles. The molecule has 1 aromatic rings. The van der Waals surface area contributed by atoms with Gasteiger partial charge < -0.3 is 16.2 Å². The molecule has 0 aliphatic heterocycles. The molecule has 0 atom stereocenters. The van der Waals surface area contributed by atoms with E-state index in [2.05, 4.69) is 10.4 Å². The van der Waals surface area contributed by atoms with Gasteiger partial charge in [-0.25, -0.2) is 0 Å². The molecule has 0 fully saturated rings. The summed E-state index contributed by atoms with van der Waals surface area (Å²) >= 11 is 0. The topological polar surface area (TPSA) is 93.2 Å². The Bertz CT molecular complexity index is 343. The standard InChI is InChI=1S/C11H20N4O2/c1-15-10(9(12)8-14-15)11(17)13-6-4-2-3-5-7-16/h8,16H,2-7,12H2,1H3,(H,13,17). The van der Waals surface area contributed by atoms with Gasteiger partial charge >= 0.3 is 0 Å². The van der Waals surface area contributed by atoms with Crippen LogP contribution in [0.5, 0.6) is 0 Å². The lowest BCUT2D eigenvalue weighted by molar-refractivity contribution is 0.0944. The Labute approximate surface area is 101 Å². The molecule has 17 heavy (non-hydrogen) atoms. The highest BCUT2D eigenvalue weighted by molar-refractivity contribution is 5.97. The summed E-state index contributed by atoms with van der Waals surface area (Å²) in [6.45, 7) is 0.854. The highest BCUT2D eigenvalue weighted by Crippen LogP contribution is 2.08. The van der Waals surface area contributed by atoms with Crippen molar-refractivity contribution in [3.05, 3.63) is 11.9 Å². The second-order valence-electron chi connectivity index (χ2n) is 3.97. The van der Waals surface area contributed by atoms with Gasteiger partial charge in [0.1, 0.15) is 5.69 Å². The number of hydrogen-bond donors (Lipinski definition) is 3. The molecule has 6 heteroatoms. The van der Waals surface area contributed by atoms with Crippen LogP contribution in [0.1, 0.15) is 36.2 Å². The highest BCUT2D eigenvalue weighted by Gasteiger charge is 2.13. The summed E-state index contributed by atoms with van der Waals surface area (Å²) in [6, 6.07) is 0. The van der Waals surface area contributed by atoms with Gasteiger partial charge in [-0.05, 0) is 12.8 Å². The van der Waals surface area contributed by atoms with Crippen molar-refractivity contribution in [2.75, 3.05) is 18.9 Å². The minimum Gasteiger partial charge on any atom is -0.396 e. The van der Waals surface area contributed by atoms with E-state index >= 15 is 0 Å². The van der Waals surface area contributed by atoms with Crippen molar-refractivity contribution in [1.82, 2.24) is 15.1 Å². The van der Waals surface area contributed by atoms with Gasteiger partial charge in [0.2, 0.25) is 0 Å². The Morgan fingerprint density at radius 3 is 2.76 bits per heavy atom. The molecular formula is C11H20N4O2. The number of unbranched alkanes of at least 4 members (excludes halogenated alkanes) is 3. The van der Waals surface area contributed by atoms with E-state index in [9.17, 15) is 4.79 Å². The minimum atomic E-state index is -0.190. The fourth-order valence-electron chi connectivity index (χ4n) is 1.61. The predicted octanol–water partition coefficient (Wildman–Crippen LogP) is 0.285. The zero-order valence-electron chi connectivity index (χ0n) is 10.1. The maximum absolute atomic E-state index is 11.7. The molecule has 1 rings (SSSR count). The Morgan fingerprint density at radius 2 is 2.18 bits per heavy atom. The van der Waals surface area contributed by atoms with Gasteiger partial charge in [0.25, 0.3) is 5.91 Å². The Morgan fingerprint density at radius 1 is 1.47 bits per heavy atom. The van der Waals surface area contributed by atoms with E-state index in [-0.39, 0.29) is 12.5 Å². The third kappa shape index (κ3) is 4.07. The van der Waals surface area contributed by atoms with Crippen LogP contribution in [0.4, 0.5) is 5.69 Å². The van der Waals surface area contributed by atoms with E-state index in [4.69, 9.17) is 10.8 Å². The predicted molar refractivity (Wildman–Crippen MR) is 65.5 cm³/mol. The van der Waals surface area contributed by atoms with E-state index in [1.165, 1.54) is 10.9 Å². The Hall–Kier alpha value is -1.56. The monoisotopic (exact) mass is 240 g/mol. The van der Waals surface area contributed by atoms with Crippen molar-refractivity contribution in [2.24, 2.45) is 7.05 Å². The number of nitrogens with two attached hydrogens (primary N) is 1. The number of rotatable bonds is 7. The molecule has 0 spiro atoms. The summed E-state index contributed by atoms with van der Waals surface area (Å²) in [4.78, 5) is 11.7. The first-order valence-electron chi connectivity index (χ1n) is 5.83. The Kier molecular flexibility index (Phi) is 5.48. The van der Waals surface area contributed by atoms with Crippen LogP contribution in [0.25, 0.3) is 0 Å². The van der Waals surface area contributed by atoms with Crippen molar-refractivity contribution in [1.29, 1.82) is 0 Å². The highest BCUT2D eigenvalue weighted by atomic mass is 16.2. The minimum absolute atomic E-state index is 0.190. The van der Waals surface area contributed by atoms with Crippen molar-refractivity contribution >= 4 is 11.6 Å². The first-order valence-corrected chi connectivity index (χ1v) is 5.83. The average molecular weight is 240 g/mol. The summed E-state index contributed by atoms with van der Waals surface area (Å²) in [5, 5.41) is 15.3. The van der Waals surface area contributed by atoms with Gasteiger partial charge in [-0.1, -0.05) is 12.8 Å². The van der Waals surface area contributed by atoms with Crippen molar-refractivity contribution in [3.8, 4) is 0 Å². The molecule has 6 nitrogen and oxygen atoms in total. The van der Waals surface area contributed by atoms with Crippen LogP contribution in [-0.4, -0.2) is 33.9 Å². The van der Waals surface area contributed by atoms with Crippen LogP contribution in [-0.2, 0) is 7.05 Å². The summed E-state index contributed by atoms with van der Waals surface area (Å²) in [7, 11) is 1.69. The van der Waals surface area contributed by atoms with Gasteiger partial charge in [0.05, 0.1) is 11.9 Å². The summed E-state index contributed by atoms with van der Waals surface area (Å²) in [5.74, 6) is -0.190. The number of nitrogens with zero attached hydrogens (tertiary/aromatic N) is 2. The summed E-state index contributed by atoms with van der Waals surface area (Å²) in [6.07, 6.45) is 5.18. The smallest absolute Gasteiger partial charge is 0.271 e. The molecule has 1 amide bonds. The second-order valence-corrected chi connectivity index (χ2v) is 3.97. The number of nitrogens with one attached hydrogen (secondary N) is 1. The number of carbonyl (C=O) groups excluding carboxylic acids is 1. The van der Waals surface area contributed by atoms with Crippen LogP contribution >= 0.6 is 0 Å². The fraction of sp³-hybridized carbons (Fsp3) is 0.636. The van der Waals surface area contributed by atoms with Crippen LogP contribution < -0.4 is 11.1 Å². The van der Waals surface area contributed by atoms with Crippen molar-refractivity contribution in [2.45, 2.75) is 25.7 Å². The molecule has 0 aliphatic carbocycles. The Balaban J connectivity index is 2.26. The van der Waals surface area contributed by atoms with Gasteiger partial charge in [-0.2, -0.15) is 5.10 Å². The van der Waals surface area contributed by atoms with Gasteiger partial charge in [0.15, 0.2) is 0 Å². The number of aliphatic hydroxyl groups excluding tert-OH is 1. The molecule has 96 valence electrons. The van der Waals surface area contributed by atoms with E-state index < -0.39 is 0 Å². The molecular weight excluding hydrogens is 220 g/mol. The van der Waals surface area contributed by atoms with Crippen LogP contribution in [0.2, 0.25) is 0 Å². The molecule has 0 saturated heterocycles. The van der Waals surface area contributed by atoms with E-state index in [0.29, 0.717) is 17.9 Å². The summed E-state index contributed by atoms with van der Waals surface area (Å²) < 4.78 is 1.47. The molecule has 0 saturated carbocycles. The van der Waals surface area contributed by atoms with Crippen molar-refractivity contribution in [3.63, 3.8) is 0 Å². The van der Waals surface area contributed by atoms with E-state index in [0.717, 1.165) is 25.7 Å². The number of aromatic nitrogens is 2. The molecule has 1 aromatic heterocycles. The number of anilines is 1. The lowest BCUT2D eigenvalue weighted by Gasteiger charge is -2.06. The zero-order chi connectivity index (χ0) is 12.7. The lowest BCUT2D eigenvalue weighted by atomic mass is 10.2. The molecule has 4 N–H and O–H groups in total. The number of amides is 1. The normalized spacial score (nSPS) is 10.5. The van der Waals surface area contributed by atoms with Crippen molar-refractivity contribution < 1.29 is 9.90 Å². The summed E-state index contributed by atoms with van der Waals surface area (Å²) in [5.41, 5.74) is 6.44. The number of aliphatic hydroxyl groups is 1. The third-order valence-corrected chi connectivity index (χ3v) is 2.55. The third-order valence-electron chi connectivity index (χ3n) is 2.55. The number of hydrogen-bond acceptors (Lipinski definition) is 4. The van der Waals surface area contributed by atoms with Crippen LogP contribution in [0.15, 0.2) is 6.20 Å². The molecule has 0 unspecified atom stereocenters. The number of carbonyl (C=O) groups is 1. The van der Waals surface area contributed by atoms with Gasteiger partial charge in [-0.3, -0.25) is 9.48 Å². The first-order chi connectivity index (χ1) is 8.16. The van der Waals surface area contributed by atoms with Crippen LogP contribution in [0.3, 0.4) is 0 Å². The molecule has 0 radical (unpaired) electrons. The maximum atomic E-state index is 11.7. The first kappa shape index (κ1) is 13.5. The lowest BCUT2D eigenvalue weighted by Crippen LogP contribution is -2.27. The number of nitrogen functional groups attached to an aromatic ring is 1. The van der Waals surface area contributed by atoms with Gasteiger partial charge in [0, 0.05) is 20.2 Å². The zero-order valence-corrected chi connectivity index (χ0v) is 10.1. The van der Waals surface area contributed by atoms with E-state index in [1.807, 2.05) is 0 Å². The second kappa shape index (κ2) is 6.90. The maximum Gasteiger partial charge on any atom is 0.271 e. The van der Waals surface area contributed by atoms with Crippen LogP contribution in [0, 0.1) is 0 Å². The average Bonchev–Trinajstić information content (AvgIpc) is 2.63. The quantitative estimate of drug-likeness (QED) is 0.597. The molecule has 0 aliphatic rings. The largest absolute Gasteiger partial charge is 0.396 e. The van der Waals surface area contributed by atoms with Gasteiger partial charge in [-0.15, -0.1) is 0 Å².